The minimum Gasteiger partial charge on any atom is -0.497 e. The molecule has 4 rings (SSSR count). The van der Waals surface area contributed by atoms with Gasteiger partial charge in [0.15, 0.2) is 5.49 Å². The van der Waals surface area contributed by atoms with Gasteiger partial charge in [-0.1, -0.05) is 11.6 Å². The Balaban J connectivity index is 1.97. The summed E-state index contributed by atoms with van der Waals surface area (Å²) in [4.78, 5) is 8.84. The molecular formula is C20H20ClN3O3. The second-order valence-corrected chi connectivity index (χ2v) is 7.03. The molecule has 1 aliphatic rings. The summed E-state index contributed by atoms with van der Waals surface area (Å²) in [7, 11) is 3.18. The predicted octanol–water partition coefficient (Wildman–Crippen LogP) is 3.92. The topological polar surface area (TPSA) is 68.9 Å². The number of ether oxygens (including phenoxy) is 2. The molecule has 1 aromatic carbocycles. The van der Waals surface area contributed by atoms with Crippen LogP contribution >= 0.6 is 11.6 Å². The Hall–Kier alpha value is -2.73. The van der Waals surface area contributed by atoms with E-state index in [1.807, 2.05) is 18.2 Å². The number of nitrogens with zero attached hydrogens (tertiary/aromatic N) is 3. The number of rotatable bonds is 5. The normalized spacial score (nSPS) is 14.6. The van der Waals surface area contributed by atoms with Crippen LogP contribution in [0.2, 0.25) is 5.15 Å². The van der Waals surface area contributed by atoms with Crippen molar-refractivity contribution in [3.63, 3.8) is 0 Å². The Labute approximate surface area is 161 Å². The fraction of sp³-hybridized carbons (Fsp3) is 0.300. The minimum absolute atomic E-state index is 0.362. The number of halogens is 1. The van der Waals surface area contributed by atoms with E-state index in [-0.39, 0.29) is 0 Å². The summed E-state index contributed by atoms with van der Waals surface area (Å²) in [6.07, 6.45) is 4.05. The largest absolute Gasteiger partial charge is 0.497 e. The highest BCUT2D eigenvalue weighted by Gasteiger charge is 2.21. The van der Waals surface area contributed by atoms with Crippen LogP contribution in [0, 0.1) is 5.92 Å². The summed E-state index contributed by atoms with van der Waals surface area (Å²) < 4.78 is 11.8. The fourth-order valence-corrected chi connectivity index (χ4v) is 3.17. The van der Waals surface area contributed by atoms with Gasteiger partial charge in [-0.2, -0.15) is 4.73 Å². The van der Waals surface area contributed by atoms with Crippen molar-refractivity contribution in [3.05, 3.63) is 47.2 Å². The first-order chi connectivity index (χ1) is 13.1. The molecule has 0 atom stereocenters. The second kappa shape index (κ2) is 7.12. The van der Waals surface area contributed by atoms with Gasteiger partial charge in [0.1, 0.15) is 16.7 Å². The zero-order valence-electron chi connectivity index (χ0n) is 15.1. The lowest BCUT2D eigenvalue weighted by atomic mass is 10.1. The Bertz CT molecular complexity index is 1050. The summed E-state index contributed by atoms with van der Waals surface area (Å²) in [6, 6.07) is 9.04. The number of fused-ring (bicyclic) bond motifs is 1. The van der Waals surface area contributed by atoms with Gasteiger partial charge < -0.3 is 14.7 Å². The summed E-state index contributed by atoms with van der Waals surface area (Å²) in [5.74, 6) is 1.86. The third-order valence-corrected chi connectivity index (χ3v) is 4.91. The molecular weight excluding hydrogens is 366 g/mol. The van der Waals surface area contributed by atoms with Crippen LogP contribution < -0.4 is 15.0 Å². The van der Waals surface area contributed by atoms with E-state index in [2.05, 4.69) is 9.98 Å². The van der Waals surface area contributed by atoms with E-state index in [4.69, 9.17) is 21.1 Å². The first-order valence-corrected chi connectivity index (χ1v) is 9.11. The Kier molecular flexibility index (Phi) is 4.66. The third-order valence-electron chi connectivity index (χ3n) is 4.71. The highest BCUT2D eigenvalue weighted by molar-refractivity contribution is 6.30. The van der Waals surface area contributed by atoms with Crippen molar-refractivity contribution in [1.82, 2.24) is 9.71 Å². The zero-order valence-corrected chi connectivity index (χ0v) is 15.9. The molecule has 27 heavy (non-hydrogen) atoms. The number of hydrogen-bond acceptors (Lipinski definition) is 5. The van der Waals surface area contributed by atoms with Gasteiger partial charge in [0.25, 0.3) is 0 Å². The monoisotopic (exact) mass is 385 g/mol. The molecule has 1 aliphatic carbocycles. The molecule has 7 heteroatoms. The SMILES string of the molecule is COc1cc(OC)cc(-c2cc3cnc(Cl)cc3c(=NCC3CC3)n2O)c1. The summed E-state index contributed by atoms with van der Waals surface area (Å²) >= 11 is 6.08. The molecule has 0 bridgehead atoms. The van der Waals surface area contributed by atoms with E-state index >= 15 is 0 Å². The van der Waals surface area contributed by atoms with E-state index in [9.17, 15) is 5.21 Å². The molecule has 2 heterocycles. The van der Waals surface area contributed by atoms with E-state index in [1.165, 1.54) is 12.8 Å². The van der Waals surface area contributed by atoms with Crippen LogP contribution in [-0.4, -0.2) is 35.7 Å². The Morgan fingerprint density at radius 2 is 1.85 bits per heavy atom. The van der Waals surface area contributed by atoms with Crippen LogP contribution in [0.5, 0.6) is 11.5 Å². The van der Waals surface area contributed by atoms with E-state index < -0.39 is 0 Å². The maximum absolute atomic E-state index is 11.0. The van der Waals surface area contributed by atoms with E-state index in [0.717, 1.165) is 21.1 Å². The fourth-order valence-electron chi connectivity index (χ4n) is 3.01. The summed E-state index contributed by atoms with van der Waals surface area (Å²) in [5, 5.41) is 12.9. The van der Waals surface area contributed by atoms with Crippen molar-refractivity contribution in [2.75, 3.05) is 20.8 Å². The average Bonchev–Trinajstić information content (AvgIpc) is 3.51. The van der Waals surface area contributed by atoms with Crippen molar-refractivity contribution in [2.45, 2.75) is 12.8 Å². The Morgan fingerprint density at radius 1 is 1.15 bits per heavy atom. The van der Waals surface area contributed by atoms with Crippen LogP contribution in [0.15, 0.2) is 41.5 Å². The lowest BCUT2D eigenvalue weighted by Gasteiger charge is -2.13. The van der Waals surface area contributed by atoms with E-state index in [0.29, 0.717) is 40.3 Å². The van der Waals surface area contributed by atoms with Gasteiger partial charge in [-0.05, 0) is 43.0 Å². The van der Waals surface area contributed by atoms with Crippen LogP contribution in [0.25, 0.3) is 22.0 Å². The predicted molar refractivity (Wildman–Crippen MR) is 104 cm³/mol. The molecule has 0 aliphatic heterocycles. The average molecular weight is 386 g/mol. The van der Waals surface area contributed by atoms with Gasteiger partial charge >= 0.3 is 0 Å². The molecule has 6 nitrogen and oxygen atoms in total. The molecule has 0 unspecified atom stereocenters. The molecule has 3 aromatic rings. The van der Waals surface area contributed by atoms with Gasteiger partial charge in [-0.3, -0.25) is 4.99 Å². The van der Waals surface area contributed by atoms with Crippen LogP contribution in [0.1, 0.15) is 12.8 Å². The van der Waals surface area contributed by atoms with Gasteiger partial charge in [0.05, 0.1) is 19.9 Å². The minimum atomic E-state index is 0.362. The molecule has 2 aromatic heterocycles. The number of pyridine rings is 2. The second-order valence-electron chi connectivity index (χ2n) is 6.64. The van der Waals surface area contributed by atoms with E-state index in [1.54, 1.807) is 32.5 Å². The molecule has 0 spiro atoms. The maximum atomic E-state index is 11.0. The number of benzene rings is 1. The molecule has 1 fully saturated rings. The number of methoxy groups -OCH3 is 2. The molecule has 1 N–H and O–H groups in total. The first kappa shape index (κ1) is 17.7. The molecule has 1 saturated carbocycles. The van der Waals surface area contributed by atoms with Gasteiger partial charge in [-0.15, -0.1) is 0 Å². The van der Waals surface area contributed by atoms with Crippen LogP contribution in [-0.2, 0) is 0 Å². The van der Waals surface area contributed by atoms with Crippen molar-refractivity contribution in [3.8, 4) is 22.8 Å². The van der Waals surface area contributed by atoms with Crippen molar-refractivity contribution < 1.29 is 14.7 Å². The van der Waals surface area contributed by atoms with Crippen LogP contribution in [0.3, 0.4) is 0 Å². The summed E-state index contributed by atoms with van der Waals surface area (Å²) in [5.41, 5.74) is 1.78. The third kappa shape index (κ3) is 3.57. The lowest BCUT2D eigenvalue weighted by Crippen LogP contribution is -2.22. The highest BCUT2D eigenvalue weighted by atomic mass is 35.5. The zero-order chi connectivity index (χ0) is 19.0. The maximum Gasteiger partial charge on any atom is 0.172 e. The lowest BCUT2D eigenvalue weighted by molar-refractivity contribution is 0.178. The first-order valence-electron chi connectivity index (χ1n) is 8.73. The quantitative estimate of drug-likeness (QED) is 0.534. The Morgan fingerprint density at radius 3 is 2.48 bits per heavy atom. The standard InChI is InChI=1S/C20H20ClN3O3/c1-26-15-5-13(6-16(8-15)27-2)18-7-14-11-22-19(21)9-17(14)20(24(18)25)23-10-12-3-4-12/h5-9,11-12,25H,3-4,10H2,1-2H3. The smallest absolute Gasteiger partial charge is 0.172 e. The highest BCUT2D eigenvalue weighted by Crippen LogP contribution is 2.31. The van der Waals surface area contributed by atoms with Gasteiger partial charge in [-0.25, -0.2) is 4.98 Å². The van der Waals surface area contributed by atoms with Crippen molar-refractivity contribution in [1.29, 1.82) is 0 Å². The molecule has 0 amide bonds. The van der Waals surface area contributed by atoms with Crippen molar-refractivity contribution in [2.24, 2.45) is 10.9 Å². The van der Waals surface area contributed by atoms with Crippen LogP contribution in [0.4, 0.5) is 0 Å². The molecule has 0 saturated heterocycles. The number of aromatic nitrogens is 2. The summed E-state index contributed by atoms with van der Waals surface area (Å²) in [6.45, 7) is 0.681. The van der Waals surface area contributed by atoms with Gasteiger partial charge in [0.2, 0.25) is 0 Å². The molecule has 140 valence electrons. The van der Waals surface area contributed by atoms with Gasteiger partial charge in [0, 0.05) is 35.1 Å². The molecule has 0 radical (unpaired) electrons. The number of hydrogen-bond donors (Lipinski definition) is 1. The van der Waals surface area contributed by atoms with Crippen molar-refractivity contribution >= 4 is 22.4 Å².